The van der Waals surface area contributed by atoms with E-state index in [0.29, 0.717) is 12.1 Å². The van der Waals surface area contributed by atoms with Crippen molar-refractivity contribution in [1.82, 2.24) is 20.4 Å². The van der Waals surface area contributed by atoms with Crippen LogP contribution in [0.1, 0.15) is 35.5 Å². The first kappa shape index (κ1) is 17.5. The van der Waals surface area contributed by atoms with Crippen LogP contribution in [0.2, 0.25) is 0 Å². The van der Waals surface area contributed by atoms with Crippen LogP contribution in [0.25, 0.3) is 23.1 Å². The van der Waals surface area contributed by atoms with Crippen molar-refractivity contribution in [1.29, 1.82) is 0 Å². The van der Waals surface area contributed by atoms with E-state index >= 15 is 0 Å². The molecule has 2 N–H and O–H groups in total. The molecule has 0 aliphatic carbocycles. The van der Waals surface area contributed by atoms with Crippen molar-refractivity contribution < 1.29 is 4.79 Å². The smallest absolute Gasteiger partial charge is 0.253 e. The molecule has 2 heterocycles. The Labute approximate surface area is 159 Å². The number of amides is 1. The van der Waals surface area contributed by atoms with Gasteiger partial charge in [0.1, 0.15) is 0 Å². The van der Waals surface area contributed by atoms with E-state index < -0.39 is 0 Å². The number of nitrogens with one attached hydrogen (secondary N) is 2. The third-order valence-corrected chi connectivity index (χ3v) is 4.94. The summed E-state index contributed by atoms with van der Waals surface area (Å²) in [5, 5.41) is 11.9. The van der Waals surface area contributed by atoms with E-state index in [1.54, 1.807) is 0 Å². The lowest BCUT2D eigenvalue weighted by Gasteiger charge is -2.36. The van der Waals surface area contributed by atoms with Crippen LogP contribution in [0.5, 0.6) is 0 Å². The highest BCUT2D eigenvalue weighted by molar-refractivity contribution is 5.95. The quantitative estimate of drug-likeness (QED) is 0.751. The normalized spacial score (nSPS) is 20.4. The minimum Gasteiger partial charge on any atom is -0.336 e. The van der Waals surface area contributed by atoms with Gasteiger partial charge in [-0.15, -0.1) is 0 Å². The number of piperazine rings is 1. The summed E-state index contributed by atoms with van der Waals surface area (Å²) in [6, 6.07) is 16.5. The van der Waals surface area contributed by atoms with Crippen molar-refractivity contribution >= 4 is 29.0 Å². The van der Waals surface area contributed by atoms with E-state index in [0.717, 1.165) is 40.8 Å². The Morgan fingerprint density at radius 3 is 2.48 bits per heavy atom. The average Bonchev–Trinajstić information content (AvgIpc) is 3.09. The van der Waals surface area contributed by atoms with Crippen LogP contribution in [0.4, 0.5) is 0 Å². The van der Waals surface area contributed by atoms with Crippen LogP contribution in [-0.4, -0.2) is 46.2 Å². The van der Waals surface area contributed by atoms with Gasteiger partial charge < -0.3 is 10.2 Å². The zero-order chi connectivity index (χ0) is 18.8. The molecule has 2 aromatic carbocycles. The van der Waals surface area contributed by atoms with E-state index in [9.17, 15) is 4.79 Å². The van der Waals surface area contributed by atoms with E-state index in [1.807, 2.05) is 59.5 Å². The maximum absolute atomic E-state index is 12.8. The molecule has 1 saturated heterocycles. The van der Waals surface area contributed by atoms with Gasteiger partial charge >= 0.3 is 0 Å². The Bertz CT molecular complexity index is 963. The second kappa shape index (κ2) is 7.37. The number of H-pyrrole nitrogens is 1. The molecule has 27 heavy (non-hydrogen) atoms. The third kappa shape index (κ3) is 3.78. The molecule has 2 atom stereocenters. The zero-order valence-electron chi connectivity index (χ0n) is 15.6. The number of fused-ring (bicyclic) bond motifs is 1. The number of nitrogens with zero attached hydrogens (tertiary/aromatic N) is 2. The van der Waals surface area contributed by atoms with Crippen LogP contribution in [0.3, 0.4) is 0 Å². The van der Waals surface area contributed by atoms with Crippen molar-refractivity contribution in [3.05, 3.63) is 65.4 Å². The van der Waals surface area contributed by atoms with Crippen LogP contribution in [0.15, 0.2) is 48.5 Å². The molecule has 0 bridgehead atoms. The van der Waals surface area contributed by atoms with Crippen molar-refractivity contribution in [2.24, 2.45) is 0 Å². The molecule has 0 radical (unpaired) electrons. The summed E-state index contributed by atoms with van der Waals surface area (Å²) in [6.45, 7) is 5.72. The summed E-state index contributed by atoms with van der Waals surface area (Å²) < 4.78 is 0. The van der Waals surface area contributed by atoms with Gasteiger partial charge in [-0.05, 0) is 43.7 Å². The molecule has 4 rings (SSSR count). The molecule has 138 valence electrons. The predicted octanol–water partition coefficient (Wildman–Crippen LogP) is 3.56. The number of para-hydroxylation sites is 1. The number of carbonyl (C=O) groups excluding carboxylic acids is 1. The minimum absolute atomic E-state index is 0.101. The molecule has 2 unspecified atom stereocenters. The molecule has 1 amide bonds. The molecule has 5 nitrogen and oxygen atoms in total. The van der Waals surface area contributed by atoms with Crippen molar-refractivity contribution in [2.45, 2.75) is 25.9 Å². The van der Waals surface area contributed by atoms with Crippen LogP contribution < -0.4 is 5.32 Å². The molecule has 5 heteroatoms. The van der Waals surface area contributed by atoms with Gasteiger partial charge in [0.25, 0.3) is 5.91 Å². The van der Waals surface area contributed by atoms with E-state index in [2.05, 4.69) is 35.4 Å². The van der Waals surface area contributed by atoms with Gasteiger partial charge in [0.15, 0.2) is 0 Å². The van der Waals surface area contributed by atoms with Crippen molar-refractivity contribution in [2.75, 3.05) is 13.1 Å². The number of aromatic amines is 1. The van der Waals surface area contributed by atoms with Crippen molar-refractivity contribution in [3.63, 3.8) is 0 Å². The molecule has 0 spiro atoms. The summed E-state index contributed by atoms with van der Waals surface area (Å²) in [7, 11) is 0. The van der Waals surface area contributed by atoms with Gasteiger partial charge in [-0.1, -0.05) is 36.4 Å². The molecule has 1 aliphatic rings. The third-order valence-electron chi connectivity index (χ3n) is 4.94. The lowest BCUT2D eigenvalue weighted by Crippen LogP contribution is -2.55. The Hall–Kier alpha value is -2.92. The summed E-state index contributed by atoms with van der Waals surface area (Å²) in [6.07, 6.45) is 4.02. The number of rotatable bonds is 3. The Morgan fingerprint density at radius 2 is 1.74 bits per heavy atom. The van der Waals surface area contributed by atoms with E-state index in [-0.39, 0.29) is 5.91 Å². The second-order valence-electron chi connectivity index (χ2n) is 7.29. The summed E-state index contributed by atoms with van der Waals surface area (Å²) in [4.78, 5) is 14.7. The van der Waals surface area contributed by atoms with Crippen LogP contribution in [0, 0.1) is 0 Å². The first-order chi connectivity index (χ1) is 13.1. The SMILES string of the molecule is CC1CN(C(=O)c2ccc(/C=C/c3n[nH]c4ccccc34)cc2)CC(C)N1. The second-order valence-corrected chi connectivity index (χ2v) is 7.29. The molecular weight excluding hydrogens is 336 g/mol. The first-order valence-electron chi connectivity index (χ1n) is 9.37. The Kier molecular flexibility index (Phi) is 4.77. The monoisotopic (exact) mass is 360 g/mol. The van der Waals surface area contributed by atoms with Gasteiger partial charge in [0.2, 0.25) is 0 Å². The van der Waals surface area contributed by atoms with Gasteiger partial charge in [-0.25, -0.2) is 0 Å². The zero-order valence-corrected chi connectivity index (χ0v) is 15.6. The highest BCUT2D eigenvalue weighted by atomic mass is 16.2. The molecule has 1 aliphatic heterocycles. The van der Waals surface area contributed by atoms with Gasteiger partial charge in [-0.3, -0.25) is 9.89 Å². The minimum atomic E-state index is 0.101. The Balaban J connectivity index is 1.48. The number of hydrogen-bond acceptors (Lipinski definition) is 3. The lowest BCUT2D eigenvalue weighted by atomic mass is 10.1. The molecule has 3 aromatic rings. The maximum atomic E-state index is 12.8. The molecule has 1 fully saturated rings. The van der Waals surface area contributed by atoms with E-state index in [4.69, 9.17) is 0 Å². The standard InChI is InChI=1S/C22H24N4O/c1-15-13-26(14-16(2)23-15)22(27)18-10-7-17(8-11-18)9-12-21-19-5-3-4-6-20(19)24-25-21/h3-12,15-16,23H,13-14H2,1-2H3,(H,24,25)/b12-9+. The maximum Gasteiger partial charge on any atom is 0.253 e. The number of carbonyl (C=O) groups is 1. The van der Waals surface area contributed by atoms with Gasteiger partial charge in [-0.2, -0.15) is 5.10 Å². The van der Waals surface area contributed by atoms with Crippen LogP contribution in [-0.2, 0) is 0 Å². The Morgan fingerprint density at radius 1 is 1.04 bits per heavy atom. The fraction of sp³-hybridized carbons (Fsp3) is 0.273. The summed E-state index contributed by atoms with van der Waals surface area (Å²) >= 11 is 0. The molecule has 1 aromatic heterocycles. The highest BCUT2D eigenvalue weighted by Crippen LogP contribution is 2.18. The number of benzene rings is 2. The summed E-state index contributed by atoms with van der Waals surface area (Å²) in [5.74, 6) is 0.101. The van der Waals surface area contributed by atoms with Gasteiger partial charge in [0, 0.05) is 36.1 Å². The first-order valence-corrected chi connectivity index (χ1v) is 9.37. The predicted molar refractivity (Wildman–Crippen MR) is 109 cm³/mol. The van der Waals surface area contributed by atoms with Gasteiger partial charge in [0.05, 0.1) is 11.2 Å². The topological polar surface area (TPSA) is 61.0 Å². The van der Waals surface area contributed by atoms with Crippen molar-refractivity contribution in [3.8, 4) is 0 Å². The molecular formula is C22H24N4O. The summed E-state index contributed by atoms with van der Waals surface area (Å²) in [5.41, 5.74) is 3.71. The fourth-order valence-electron chi connectivity index (χ4n) is 3.70. The lowest BCUT2D eigenvalue weighted by molar-refractivity contribution is 0.0674. The fourth-order valence-corrected chi connectivity index (χ4v) is 3.70. The molecule has 0 saturated carbocycles. The number of aromatic nitrogens is 2. The largest absolute Gasteiger partial charge is 0.336 e. The van der Waals surface area contributed by atoms with Crippen LogP contribution >= 0.6 is 0 Å². The highest BCUT2D eigenvalue weighted by Gasteiger charge is 2.25. The average molecular weight is 360 g/mol. The number of hydrogen-bond donors (Lipinski definition) is 2. The van der Waals surface area contributed by atoms with E-state index in [1.165, 1.54) is 0 Å².